The molecule has 0 bridgehead atoms. The monoisotopic (exact) mass is 261 g/mol. The van der Waals surface area contributed by atoms with Crippen LogP contribution in [0.4, 0.5) is 17.6 Å². The summed E-state index contributed by atoms with van der Waals surface area (Å²) < 4.78 is 51.0. The first kappa shape index (κ1) is 13.3. The van der Waals surface area contributed by atoms with Crippen LogP contribution in [0.25, 0.3) is 0 Å². The molecule has 1 N–H and O–H groups in total. The average molecular weight is 261 g/mol. The molecule has 2 unspecified atom stereocenters. The molecule has 1 aromatic carbocycles. The quantitative estimate of drug-likeness (QED) is 0.752. The zero-order valence-corrected chi connectivity index (χ0v) is 10.0. The lowest BCUT2D eigenvalue weighted by atomic mass is 9.93. The number of rotatable bonds is 1. The molecule has 1 saturated heterocycles. The molecule has 18 heavy (non-hydrogen) atoms. The van der Waals surface area contributed by atoms with E-state index in [2.05, 4.69) is 5.32 Å². The van der Waals surface area contributed by atoms with E-state index in [-0.39, 0.29) is 12.1 Å². The number of nitrogens with one attached hydrogen (secondary N) is 1. The predicted octanol–water partition coefficient (Wildman–Crippen LogP) is 4.05. The van der Waals surface area contributed by atoms with Crippen LogP contribution in [0.2, 0.25) is 0 Å². The normalized spacial score (nSPS) is 25.2. The topological polar surface area (TPSA) is 12.0 Å². The van der Waals surface area contributed by atoms with Gasteiger partial charge >= 0.3 is 6.18 Å². The molecular weight excluding hydrogens is 246 g/mol. The first-order chi connectivity index (χ1) is 8.38. The van der Waals surface area contributed by atoms with Crippen LogP contribution in [0.5, 0.6) is 0 Å². The highest BCUT2D eigenvalue weighted by molar-refractivity contribution is 5.29. The third kappa shape index (κ3) is 2.83. The van der Waals surface area contributed by atoms with E-state index in [4.69, 9.17) is 0 Å². The third-order valence-corrected chi connectivity index (χ3v) is 3.31. The summed E-state index contributed by atoms with van der Waals surface area (Å²) in [5.41, 5.74) is -0.671. The van der Waals surface area contributed by atoms with Gasteiger partial charge in [0.25, 0.3) is 0 Å². The summed E-state index contributed by atoms with van der Waals surface area (Å²) in [7, 11) is 0. The summed E-state index contributed by atoms with van der Waals surface area (Å²) in [5, 5.41) is 3.24. The van der Waals surface area contributed by atoms with E-state index in [0.717, 1.165) is 31.4 Å². The van der Waals surface area contributed by atoms with E-state index >= 15 is 0 Å². The maximum absolute atomic E-state index is 13.2. The maximum Gasteiger partial charge on any atom is 0.419 e. The molecule has 0 aromatic heterocycles. The summed E-state index contributed by atoms with van der Waals surface area (Å²) in [6.07, 6.45) is -1.87. The van der Waals surface area contributed by atoms with Gasteiger partial charge in [-0.3, -0.25) is 0 Å². The Kier molecular flexibility index (Phi) is 3.61. The molecule has 100 valence electrons. The fourth-order valence-corrected chi connectivity index (χ4v) is 2.38. The van der Waals surface area contributed by atoms with Gasteiger partial charge in [0.1, 0.15) is 5.82 Å². The van der Waals surface area contributed by atoms with Gasteiger partial charge in [-0.15, -0.1) is 0 Å². The van der Waals surface area contributed by atoms with Crippen molar-refractivity contribution in [2.45, 2.75) is 44.4 Å². The lowest BCUT2D eigenvalue weighted by molar-refractivity contribution is -0.140. The fourth-order valence-electron chi connectivity index (χ4n) is 2.38. The van der Waals surface area contributed by atoms with Crippen molar-refractivity contribution in [1.82, 2.24) is 5.32 Å². The molecule has 1 nitrogen and oxygen atoms in total. The molecular formula is C13H15F4N. The average Bonchev–Trinajstić information content (AvgIpc) is 2.28. The lowest BCUT2D eigenvalue weighted by Crippen LogP contribution is -2.34. The molecule has 1 aliphatic heterocycles. The predicted molar refractivity (Wildman–Crippen MR) is 60.6 cm³/mol. The zero-order chi connectivity index (χ0) is 13.3. The van der Waals surface area contributed by atoms with Gasteiger partial charge in [-0.1, -0.05) is 12.5 Å². The molecule has 2 rings (SSSR count). The van der Waals surface area contributed by atoms with Gasteiger partial charge < -0.3 is 5.32 Å². The molecule has 1 fully saturated rings. The van der Waals surface area contributed by atoms with Gasteiger partial charge in [0.2, 0.25) is 0 Å². The zero-order valence-electron chi connectivity index (χ0n) is 10.0. The van der Waals surface area contributed by atoms with E-state index in [1.54, 1.807) is 0 Å². The smallest absolute Gasteiger partial charge is 0.307 e. The Labute approximate surface area is 103 Å². The van der Waals surface area contributed by atoms with Gasteiger partial charge in [-0.05, 0) is 37.5 Å². The van der Waals surface area contributed by atoms with Crippen LogP contribution in [-0.2, 0) is 6.18 Å². The first-order valence-corrected chi connectivity index (χ1v) is 6.00. The van der Waals surface area contributed by atoms with Crippen LogP contribution < -0.4 is 5.32 Å². The third-order valence-electron chi connectivity index (χ3n) is 3.31. The van der Waals surface area contributed by atoms with Crippen molar-refractivity contribution < 1.29 is 17.6 Å². The number of benzene rings is 1. The van der Waals surface area contributed by atoms with E-state index in [0.29, 0.717) is 5.56 Å². The van der Waals surface area contributed by atoms with Gasteiger partial charge in [0, 0.05) is 12.1 Å². The maximum atomic E-state index is 13.2. The number of hydrogen-bond acceptors (Lipinski definition) is 1. The summed E-state index contributed by atoms with van der Waals surface area (Å²) in [4.78, 5) is 0. The molecule has 1 aromatic rings. The summed E-state index contributed by atoms with van der Waals surface area (Å²) in [6, 6.07) is 3.42. The van der Waals surface area contributed by atoms with Crippen LogP contribution in [0.3, 0.4) is 0 Å². The summed E-state index contributed by atoms with van der Waals surface area (Å²) in [5.74, 6) is -1.21. The van der Waals surface area contributed by atoms with Crippen LogP contribution in [0, 0.1) is 5.82 Å². The Bertz CT molecular complexity index is 427. The minimum Gasteiger partial charge on any atom is -0.307 e. The molecule has 0 spiro atoms. The van der Waals surface area contributed by atoms with Gasteiger partial charge in [-0.2, -0.15) is 13.2 Å². The van der Waals surface area contributed by atoms with Gasteiger partial charge in [0.05, 0.1) is 5.56 Å². The Balaban J connectivity index is 2.29. The molecule has 2 atom stereocenters. The van der Waals surface area contributed by atoms with Crippen LogP contribution in [-0.4, -0.2) is 6.04 Å². The molecule has 0 amide bonds. The van der Waals surface area contributed by atoms with Gasteiger partial charge in [0.15, 0.2) is 0 Å². The molecule has 0 radical (unpaired) electrons. The van der Waals surface area contributed by atoms with Crippen molar-refractivity contribution in [3.05, 3.63) is 35.1 Å². The highest BCUT2D eigenvalue weighted by atomic mass is 19.4. The largest absolute Gasteiger partial charge is 0.419 e. The second-order valence-electron chi connectivity index (χ2n) is 4.79. The molecule has 1 aliphatic rings. The number of piperidine rings is 1. The Morgan fingerprint density at radius 1 is 1.22 bits per heavy atom. The van der Waals surface area contributed by atoms with E-state index in [9.17, 15) is 17.6 Å². The minimum atomic E-state index is -4.64. The number of hydrogen-bond donors (Lipinski definition) is 1. The van der Waals surface area contributed by atoms with Gasteiger partial charge in [-0.25, -0.2) is 4.39 Å². The van der Waals surface area contributed by atoms with Crippen LogP contribution in [0.15, 0.2) is 18.2 Å². The second kappa shape index (κ2) is 4.88. The number of alkyl halides is 3. The highest BCUT2D eigenvalue weighted by Crippen LogP contribution is 2.34. The summed E-state index contributed by atoms with van der Waals surface area (Å²) >= 11 is 0. The van der Waals surface area contributed by atoms with Crippen LogP contribution in [0.1, 0.15) is 43.4 Å². The lowest BCUT2D eigenvalue weighted by Gasteiger charge is -2.29. The van der Waals surface area contributed by atoms with E-state index in [1.165, 1.54) is 6.07 Å². The van der Waals surface area contributed by atoms with E-state index in [1.807, 2.05) is 6.92 Å². The Morgan fingerprint density at radius 3 is 2.56 bits per heavy atom. The minimum absolute atomic E-state index is 0.115. The molecule has 0 saturated carbocycles. The molecule has 1 heterocycles. The molecule has 5 heteroatoms. The van der Waals surface area contributed by atoms with Crippen molar-refractivity contribution in [2.24, 2.45) is 0 Å². The van der Waals surface area contributed by atoms with E-state index < -0.39 is 17.6 Å². The first-order valence-electron chi connectivity index (χ1n) is 6.00. The number of halogens is 4. The standard InChI is InChI=1S/C13H15F4N/c1-8-3-2-4-12(18-8)9-5-6-11(14)10(7-9)13(15,16)17/h5-8,12,18H,2-4H2,1H3. The van der Waals surface area contributed by atoms with Crippen molar-refractivity contribution in [2.75, 3.05) is 0 Å². The Hall–Kier alpha value is -1.10. The van der Waals surface area contributed by atoms with Crippen molar-refractivity contribution >= 4 is 0 Å². The van der Waals surface area contributed by atoms with Crippen molar-refractivity contribution in [3.8, 4) is 0 Å². The van der Waals surface area contributed by atoms with Crippen molar-refractivity contribution in [3.63, 3.8) is 0 Å². The highest BCUT2D eigenvalue weighted by Gasteiger charge is 2.35. The second-order valence-corrected chi connectivity index (χ2v) is 4.79. The SMILES string of the molecule is CC1CCCC(c2ccc(F)c(C(F)(F)F)c2)N1. The summed E-state index contributed by atoms with van der Waals surface area (Å²) in [6.45, 7) is 2.00. The fraction of sp³-hybridized carbons (Fsp3) is 0.538. The Morgan fingerprint density at radius 2 is 1.94 bits per heavy atom. The van der Waals surface area contributed by atoms with Crippen LogP contribution >= 0.6 is 0 Å². The molecule has 0 aliphatic carbocycles. The van der Waals surface area contributed by atoms with Crippen molar-refractivity contribution in [1.29, 1.82) is 0 Å².